The third-order valence-corrected chi connectivity index (χ3v) is 3.74. The highest BCUT2D eigenvalue weighted by Gasteiger charge is 2.49. The first kappa shape index (κ1) is 12.4. The number of benzene rings is 2. The summed E-state index contributed by atoms with van der Waals surface area (Å²) in [5.74, 6) is -1.20. The topological polar surface area (TPSA) is 43.2 Å². The molecule has 1 fully saturated rings. The normalized spacial score (nSPS) is 20.9. The first-order chi connectivity index (χ1) is 10.2. The molecular weight excluding hydrogens is 276 g/mol. The Morgan fingerprint density at radius 3 is 2.76 bits per heavy atom. The Bertz CT molecular complexity index is 827. The molecular formula is C15H11F2N3O. The zero-order valence-electron chi connectivity index (χ0n) is 11.0. The molecule has 6 heteroatoms. The summed E-state index contributed by atoms with van der Waals surface area (Å²) in [6.07, 6.45) is 0. The third kappa shape index (κ3) is 1.99. The zero-order chi connectivity index (χ0) is 14.4. The highest BCUT2D eigenvalue weighted by Crippen LogP contribution is 2.42. The van der Waals surface area contributed by atoms with Gasteiger partial charge in [0.25, 0.3) is 0 Å². The molecule has 4 rings (SSSR count). The lowest BCUT2D eigenvalue weighted by Crippen LogP contribution is -2.20. The summed E-state index contributed by atoms with van der Waals surface area (Å²) >= 11 is 0. The third-order valence-electron chi connectivity index (χ3n) is 3.74. The summed E-state index contributed by atoms with van der Waals surface area (Å²) in [6.45, 7) is 0.722. The number of aromatic nitrogens is 3. The first-order valence-electron chi connectivity index (χ1n) is 6.56. The number of rotatable bonds is 3. The maximum Gasteiger partial charge on any atom is 0.139 e. The average molecular weight is 287 g/mol. The SMILES string of the molecule is Fc1ccc(C2(Cn3nnc4ccccc43)CO2)c(F)c1. The van der Waals surface area contributed by atoms with Gasteiger partial charge in [-0.3, -0.25) is 0 Å². The van der Waals surface area contributed by atoms with Crippen LogP contribution < -0.4 is 0 Å². The minimum absolute atomic E-state index is 0.343. The van der Waals surface area contributed by atoms with E-state index in [-0.39, 0.29) is 0 Å². The summed E-state index contributed by atoms with van der Waals surface area (Å²) in [5, 5.41) is 8.15. The second-order valence-corrected chi connectivity index (χ2v) is 5.14. The summed E-state index contributed by atoms with van der Waals surface area (Å²) in [4.78, 5) is 0. The fourth-order valence-corrected chi connectivity index (χ4v) is 2.55. The number of nitrogens with zero attached hydrogens (tertiary/aromatic N) is 3. The molecule has 21 heavy (non-hydrogen) atoms. The van der Waals surface area contributed by atoms with Crippen LogP contribution in [0.3, 0.4) is 0 Å². The number of fused-ring (bicyclic) bond motifs is 1. The van der Waals surface area contributed by atoms with E-state index in [0.717, 1.165) is 17.1 Å². The number of para-hydroxylation sites is 1. The van der Waals surface area contributed by atoms with E-state index >= 15 is 0 Å². The molecule has 3 aromatic rings. The molecule has 1 atom stereocenters. The van der Waals surface area contributed by atoms with Crippen LogP contribution in [-0.4, -0.2) is 21.6 Å². The van der Waals surface area contributed by atoms with Crippen molar-refractivity contribution < 1.29 is 13.5 Å². The Labute approximate surface area is 118 Å². The number of halogens is 2. The van der Waals surface area contributed by atoms with E-state index in [0.29, 0.717) is 18.7 Å². The van der Waals surface area contributed by atoms with Crippen LogP contribution in [0.1, 0.15) is 5.56 Å². The largest absolute Gasteiger partial charge is 0.362 e. The lowest BCUT2D eigenvalue weighted by Gasteiger charge is -2.13. The Hall–Kier alpha value is -2.34. The monoisotopic (exact) mass is 287 g/mol. The molecule has 0 bridgehead atoms. The van der Waals surface area contributed by atoms with E-state index in [9.17, 15) is 8.78 Å². The molecule has 106 valence electrons. The van der Waals surface area contributed by atoms with Crippen LogP contribution >= 0.6 is 0 Å². The molecule has 0 amide bonds. The number of hydrogen-bond donors (Lipinski definition) is 0. The van der Waals surface area contributed by atoms with Crippen molar-refractivity contribution >= 4 is 11.0 Å². The Kier molecular flexibility index (Phi) is 2.56. The van der Waals surface area contributed by atoms with E-state index < -0.39 is 17.2 Å². The molecule has 4 nitrogen and oxygen atoms in total. The summed E-state index contributed by atoms with van der Waals surface area (Å²) in [6, 6.07) is 11.1. The predicted molar refractivity (Wildman–Crippen MR) is 71.5 cm³/mol. The van der Waals surface area contributed by atoms with Crippen molar-refractivity contribution in [3.05, 3.63) is 59.7 Å². The minimum Gasteiger partial charge on any atom is -0.362 e. The van der Waals surface area contributed by atoms with Crippen LogP contribution in [-0.2, 0) is 16.9 Å². The van der Waals surface area contributed by atoms with Gasteiger partial charge in [0.05, 0.1) is 18.7 Å². The van der Waals surface area contributed by atoms with E-state index in [1.54, 1.807) is 4.68 Å². The van der Waals surface area contributed by atoms with E-state index in [4.69, 9.17) is 4.74 Å². The van der Waals surface area contributed by atoms with E-state index in [1.165, 1.54) is 12.1 Å². The molecule has 1 unspecified atom stereocenters. The number of epoxide rings is 1. The summed E-state index contributed by atoms with van der Waals surface area (Å²) < 4.78 is 34.2. The zero-order valence-corrected chi connectivity index (χ0v) is 11.0. The molecule has 0 saturated carbocycles. The summed E-state index contributed by atoms with van der Waals surface area (Å²) in [7, 11) is 0. The molecule has 1 aliphatic heterocycles. The van der Waals surface area contributed by atoms with Gasteiger partial charge in [-0.15, -0.1) is 5.10 Å². The van der Waals surface area contributed by atoms with Crippen LogP contribution in [0.2, 0.25) is 0 Å². The lowest BCUT2D eigenvalue weighted by molar-refractivity contribution is 0.263. The second-order valence-electron chi connectivity index (χ2n) is 5.14. The van der Waals surface area contributed by atoms with Crippen LogP contribution in [0.5, 0.6) is 0 Å². The van der Waals surface area contributed by atoms with E-state index in [1.807, 2.05) is 24.3 Å². The van der Waals surface area contributed by atoms with Gasteiger partial charge in [-0.05, 0) is 18.2 Å². The van der Waals surface area contributed by atoms with Crippen molar-refractivity contribution in [3.8, 4) is 0 Å². The van der Waals surface area contributed by atoms with Crippen LogP contribution in [0.15, 0.2) is 42.5 Å². The van der Waals surface area contributed by atoms with Gasteiger partial charge in [-0.1, -0.05) is 23.4 Å². The average Bonchev–Trinajstić information content (AvgIpc) is 3.13. The van der Waals surface area contributed by atoms with Crippen molar-refractivity contribution in [2.24, 2.45) is 0 Å². The highest BCUT2D eigenvalue weighted by molar-refractivity contribution is 5.73. The van der Waals surface area contributed by atoms with E-state index in [2.05, 4.69) is 10.3 Å². The Morgan fingerprint density at radius 2 is 2.00 bits per heavy atom. The maximum absolute atomic E-state index is 14.0. The fraction of sp³-hybridized carbons (Fsp3) is 0.200. The van der Waals surface area contributed by atoms with Crippen molar-refractivity contribution in [3.63, 3.8) is 0 Å². The second kappa shape index (κ2) is 4.33. The maximum atomic E-state index is 14.0. The molecule has 1 aliphatic rings. The van der Waals surface area contributed by atoms with Gasteiger partial charge in [-0.25, -0.2) is 13.5 Å². The first-order valence-corrected chi connectivity index (χ1v) is 6.56. The predicted octanol–water partition coefficient (Wildman–Crippen LogP) is 2.64. The van der Waals surface area contributed by atoms with Crippen LogP contribution in [0.25, 0.3) is 11.0 Å². The highest BCUT2D eigenvalue weighted by atomic mass is 19.1. The van der Waals surface area contributed by atoms with Crippen molar-refractivity contribution in [1.82, 2.24) is 15.0 Å². The lowest BCUT2D eigenvalue weighted by atomic mass is 9.99. The number of hydrogen-bond acceptors (Lipinski definition) is 3. The van der Waals surface area contributed by atoms with Crippen molar-refractivity contribution in [1.29, 1.82) is 0 Å². The van der Waals surface area contributed by atoms with Gasteiger partial charge < -0.3 is 4.74 Å². The van der Waals surface area contributed by atoms with Crippen LogP contribution in [0, 0.1) is 11.6 Å². The van der Waals surface area contributed by atoms with Crippen LogP contribution in [0.4, 0.5) is 8.78 Å². The Balaban J connectivity index is 1.73. The van der Waals surface area contributed by atoms with Gasteiger partial charge in [0.1, 0.15) is 22.8 Å². The smallest absolute Gasteiger partial charge is 0.139 e. The molecule has 0 aliphatic carbocycles. The molecule has 0 radical (unpaired) electrons. The minimum atomic E-state index is -0.783. The molecule has 2 aromatic carbocycles. The standard InChI is InChI=1S/C15H11F2N3O/c16-10-5-6-11(12(17)7-10)15(9-21-15)8-20-14-4-2-1-3-13(14)18-19-20/h1-7H,8-9H2. The fourth-order valence-electron chi connectivity index (χ4n) is 2.55. The molecule has 0 N–H and O–H groups in total. The summed E-state index contributed by atoms with van der Waals surface area (Å²) in [5.41, 5.74) is 1.19. The molecule has 2 heterocycles. The van der Waals surface area contributed by atoms with Gasteiger partial charge in [-0.2, -0.15) is 0 Å². The van der Waals surface area contributed by atoms with Gasteiger partial charge in [0.15, 0.2) is 0 Å². The van der Waals surface area contributed by atoms with Crippen molar-refractivity contribution in [2.45, 2.75) is 12.1 Å². The molecule has 1 saturated heterocycles. The molecule has 1 aromatic heterocycles. The van der Waals surface area contributed by atoms with Gasteiger partial charge in [0, 0.05) is 11.6 Å². The van der Waals surface area contributed by atoms with Gasteiger partial charge >= 0.3 is 0 Å². The quantitative estimate of drug-likeness (QED) is 0.696. The van der Waals surface area contributed by atoms with Crippen molar-refractivity contribution in [2.75, 3.05) is 6.61 Å². The van der Waals surface area contributed by atoms with Gasteiger partial charge in [0.2, 0.25) is 0 Å². The molecule has 0 spiro atoms. The number of ether oxygens (including phenoxy) is 1. The Morgan fingerprint density at radius 1 is 1.19 bits per heavy atom.